The third kappa shape index (κ3) is 4.33. The van der Waals surface area contributed by atoms with Gasteiger partial charge in [-0.05, 0) is 6.42 Å². The Morgan fingerprint density at radius 1 is 1.56 bits per heavy atom. The van der Waals surface area contributed by atoms with Gasteiger partial charge in [0.2, 0.25) is 5.91 Å². The summed E-state index contributed by atoms with van der Waals surface area (Å²) in [4.78, 5) is 15.8. The van der Waals surface area contributed by atoms with Crippen molar-refractivity contribution in [1.82, 2.24) is 4.98 Å². The summed E-state index contributed by atoms with van der Waals surface area (Å²) in [6.07, 6.45) is 4.24. The summed E-state index contributed by atoms with van der Waals surface area (Å²) in [5.41, 5.74) is -0.126. The Morgan fingerprint density at radius 2 is 2.22 bits per heavy atom. The van der Waals surface area contributed by atoms with Crippen molar-refractivity contribution in [3.63, 3.8) is 0 Å². The zero-order valence-corrected chi connectivity index (χ0v) is 12.2. The highest BCUT2D eigenvalue weighted by atomic mass is 35.5. The minimum absolute atomic E-state index is 0.126. The Balaban J connectivity index is 2.57. The largest absolute Gasteiger partial charge is 0.428 e. The summed E-state index contributed by atoms with van der Waals surface area (Å²) in [5, 5.41) is 2.06. The van der Waals surface area contributed by atoms with E-state index in [0.29, 0.717) is 6.42 Å². The maximum atomic E-state index is 11.7. The summed E-state index contributed by atoms with van der Waals surface area (Å²) < 4.78 is 5.47. The molecule has 1 N–H and O–H groups in total. The molecule has 0 spiro atoms. The van der Waals surface area contributed by atoms with Crippen molar-refractivity contribution in [3.05, 3.63) is 12.0 Å². The lowest BCUT2D eigenvalue weighted by Crippen LogP contribution is -2.23. The number of carbonyl (C=O) groups excluding carboxylic acids is 1. The maximum absolute atomic E-state index is 11.7. The number of hydrogen-bond donors (Lipinski definition) is 1. The first-order valence-electron chi connectivity index (χ1n) is 6.26. The second kappa shape index (κ2) is 6.23. The first kappa shape index (κ1) is 15.0. The fourth-order valence-corrected chi connectivity index (χ4v) is 1.59. The van der Waals surface area contributed by atoms with Crippen LogP contribution in [0.5, 0.6) is 0 Å². The van der Waals surface area contributed by atoms with Crippen LogP contribution in [0.4, 0.5) is 6.01 Å². The third-order valence-corrected chi connectivity index (χ3v) is 2.99. The highest BCUT2D eigenvalue weighted by Crippen LogP contribution is 2.24. The van der Waals surface area contributed by atoms with Crippen molar-refractivity contribution in [3.8, 4) is 0 Å². The molecule has 1 heterocycles. The quantitative estimate of drug-likeness (QED) is 0.832. The Bertz CT molecular complexity index is 396. The monoisotopic (exact) mass is 272 g/mol. The molecule has 0 radical (unpaired) electrons. The van der Waals surface area contributed by atoms with Crippen LogP contribution in [-0.4, -0.2) is 16.3 Å². The van der Waals surface area contributed by atoms with Crippen LogP contribution in [-0.2, 0) is 10.2 Å². The van der Waals surface area contributed by atoms with Gasteiger partial charge in [0.1, 0.15) is 11.1 Å². The molecule has 0 aliphatic carbocycles. The van der Waals surface area contributed by atoms with Gasteiger partial charge in [-0.2, -0.15) is 0 Å². The number of oxazole rings is 1. The van der Waals surface area contributed by atoms with Crippen LogP contribution in [0.1, 0.15) is 52.7 Å². The van der Waals surface area contributed by atoms with E-state index in [9.17, 15) is 4.79 Å². The van der Waals surface area contributed by atoms with E-state index in [0.717, 1.165) is 18.6 Å². The normalized spacial score (nSPS) is 13.4. The van der Waals surface area contributed by atoms with Crippen LogP contribution in [0, 0.1) is 0 Å². The van der Waals surface area contributed by atoms with E-state index >= 15 is 0 Å². The van der Waals surface area contributed by atoms with E-state index in [1.54, 1.807) is 6.20 Å². The van der Waals surface area contributed by atoms with Crippen molar-refractivity contribution in [2.24, 2.45) is 0 Å². The fraction of sp³-hybridized carbons (Fsp3) is 0.692. The van der Waals surface area contributed by atoms with E-state index < -0.39 is 5.38 Å². The van der Waals surface area contributed by atoms with Crippen molar-refractivity contribution in [2.45, 2.75) is 57.7 Å². The number of rotatable bonds is 5. The van der Waals surface area contributed by atoms with E-state index in [2.05, 4.69) is 17.2 Å². The molecule has 0 aliphatic rings. The molecular weight excluding hydrogens is 252 g/mol. The van der Waals surface area contributed by atoms with Gasteiger partial charge in [-0.25, -0.2) is 4.98 Å². The maximum Gasteiger partial charge on any atom is 0.301 e. The van der Waals surface area contributed by atoms with Crippen LogP contribution in [0.15, 0.2) is 10.6 Å². The van der Waals surface area contributed by atoms with Gasteiger partial charge >= 0.3 is 6.01 Å². The van der Waals surface area contributed by atoms with E-state index in [4.69, 9.17) is 16.0 Å². The minimum atomic E-state index is -0.532. The fourth-order valence-electron chi connectivity index (χ4n) is 1.38. The second-order valence-corrected chi connectivity index (χ2v) is 5.91. The smallest absolute Gasteiger partial charge is 0.301 e. The van der Waals surface area contributed by atoms with Crippen molar-refractivity contribution < 1.29 is 9.21 Å². The van der Waals surface area contributed by atoms with Gasteiger partial charge in [0.15, 0.2) is 0 Å². The number of amides is 1. The summed E-state index contributed by atoms with van der Waals surface area (Å²) in [7, 11) is 0. The predicted octanol–water partition coefficient (Wildman–Crippen LogP) is 3.71. The Kier molecular flexibility index (Phi) is 5.20. The standard InChI is InChI=1S/C13H21ClN2O2/c1-5-6-7-9(14)11(17)16-12-15-8-10(18-12)13(2,3)4/h8-9H,5-7H2,1-4H3,(H,15,16,17). The number of alkyl halides is 1. The van der Waals surface area contributed by atoms with Crippen LogP contribution < -0.4 is 5.32 Å². The molecule has 0 saturated carbocycles. The first-order valence-corrected chi connectivity index (χ1v) is 6.69. The van der Waals surface area contributed by atoms with E-state index in [1.165, 1.54) is 0 Å². The minimum Gasteiger partial charge on any atom is -0.428 e. The number of hydrogen-bond acceptors (Lipinski definition) is 3. The summed E-state index contributed by atoms with van der Waals surface area (Å²) in [6.45, 7) is 8.12. The molecule has 1 amide bonds. The second-order valence-electron chi connectivity index (χ2n) is 5.38. The zero-order valence-electron chi connectivity index (χ0n) is 11.4. The molecule has 1 rings (SSSR count). The van der Waals surface area contributed by atoms with Gasteiger partial charge in [0.05, 0.1) is 6.20 Å². The van der Waals surface area contributed by atoms with Crippen molar-refractivity contribution in [1.29, 1.82) is 0 Å². The van der Waals surface area contributed by atoms with Gasteiger partial charge in [-0.1, -0.05) is 40.5 Å². The Hall–Kier alpha value is -1.03. The molecule has 102 valence electrons. The van der Waals surface area contributed by atoms with E-state index in [-0.39, 0.29) is 17.3 Å². The number of nitrogens with zero attached hydrogens (tertiary/aromatic N) is 1. The lowest BCUT2D eigenvalue weighted by molar-refractivity contribution is -0.116. The molecular formula is C13H21ClN2O2. The summed E-state index contributed by atoms with van der Waals surface area (Å²) in [6, 6.07) is 0.215. The number of anilines is 1. The lowest BCUT2D eigenvalue weighted by Gasteiger charge is -2.13. The van der Waals surface area contributed by atoms with Gasteiger partial charge in [0, 0.05) is 5.41 Å². The van der Waals surface area contributed by atoms with E-state index in [1.807, 2.05) is 20.8 Å². The molecule has 0 aliphatic heterocycles. The third-order valence-electron chi connectivity index (χ3n) is 2.57. The van der Waals surface area contributed by atoms with Gasteiger partial charge in [-0.15, -0.1) is 11.6 Å². The number of unbranched alkanes of at least 4 members (excludes halogenated alkanes) is 1. The van der Waals surface area contributed by atoms with Crippen LogP contribution in [0.25, 0.3) is 0 Å². The van der Waals surface area contributed by atoms with Crippen molar-refractivity contribution in [2.75, 3.05) is 5.32 Å². The van der Waals surface area contributed by atoms with Crippen LogP contribution in [0.2, 0.25) is 0 Å². The van der Waals surface area contributed by atoms with Gasteiger partial charge < -0.3 is 4.42 Å². The molecule has 1 atom stereocenters. The Labute approximate surface area is 113 Å². The number of nitrogens with one attached hydrogen (secondary N) is 1. The molecule has 1 unspecified atom stereocenters. The molecule has 1 aromatic rings. The van der Waals surface area contributed by atoms with Gasteiger partial charge in [-0.3, -0.25) is 10.1 Å². The summed E-state index contributed by atoms with van der Waals surface area (Å²) >= 11 is 5.98. The average Bonchev–Trinajstić information content (AvgIpc) is 2.73. The molecule has 0 fully saturated rings. The number of carbonyl (C=O) groups is 1. The molecule has 1 aromatic heterocycles. The molecule has 0 saturated heterocycles. The Morgan fingerprint density at radius 3 is 2.72 bits per heavy atom. The first-order chi connectivity index (χ1) is 8.34. The highest BCUT2D eigenvalue weighted by Gasteiger charge is 2.21. The number of halogens is 1. The topological polar surface area (TPSA) is 55.1 Å². The predicted molar refractivity (Wildman–Crippen MR) is 73.0 cm³/mol. The molecule has 0 aromatic carbocycles. The highest BCUT2D eigenvalue weighted by molar-refractivity contribution is 6.32. The van der Waals surface area contributed by atoms with Crippen LogP contribution >= 0.6 is 11.6 Å². The molecule has 18 heavy (non-hydrogen) atoms. The van der Waals surface area contributed by atoms with Crippen LogP contribution in [0.3, 0.4) is 0 Å². The lowest BCUT2D eigenvalue weighted by atomic mass is 9.94. The average molecular weight is 273 g/mol. The zero-order chi connectivity index (χ0) is 13.8. The summed E-state index contributed by atoms with van der Waals surface area (Å²) in [5.74, 6) is 0.477. The SMILES string of the molecule is CCCCC(Cl)C(=O)Nc1ncc(C(C)(C)C)o1. The molecule has 5 heteroatoms. The number of aromatic nitrogens is 1. The molecule has 0 bridgehead atoms. The van der Waals surface area contributed by atoms with Crippen molar-refractivity contribution >= 4 is 23.5 Å². The molecule has 4 nitrogen and oxygen atoms in total. The van der Waals surface area contributed by atoms with Gasteiger partial charge in [0.25, 0.3) is 0 Å².